The number of amides is 1. The van der Waals surface area contributed by atoms with Gasteiger partial charge in [0.15, 0.2) is 0 Å². The fraction of sp³-hybridized carbons (Fsp3) is 0.611. The van der Waals surface area contributed by atoms with Crippen LogP contribution in [-0.4, -0.2) is 36.2 Å². The number of nitrogens with one attached hydrogen (secondary N) is 1. The van der Waals surface area contributed by atoms with Gasteiger partial charge >= 0.3 is 6.09 Å². The minimum Gasteiger partial charge on any atom is -0.444 e. The second kappa shape index (κ2) is 7.73. The molecule has 1 heterocycles. The third-order valence-electron chi connectivity index (χ3n) is 4.04. The highest BCUT2D eigenvalue weighted by Gasteiger charge is 2.26. The first kappa shape index (κ1) is 18.4. The molecule has 0 atom stereocenters. The second-order valence-electron chi connectivity index (χ2n) is 7.25. The lowest BCUT2D eigenvalue weighted by Gasteiger charge is -2.33. The molecule has 0 unspecified atom stereocenters. The van der Waals surface area contributed by atoms with Crippen molar-refractivity contribution in [2.45, 2.75) is 46.1 Å². The average molecular weight is 430 g/mol. The maximum absolute atomic E-state index is 12.1. The summed E-state index contributed by atoms with van der Waals surface area (Å²) in [6, 6.07) is 6.46. The SMILES string of the molecule is Cc1cc(I)ccc1NCC1CCN(C(=O)OC(C)(C)C)CC1. The molecule has 1 aliphatic heterocycles. The quantitative estimate of drug-likeness (QED) is 0.710. The lowest BCUT2D eigenvalue weighted by molar-refractivity contribution is 0.0188. The van der Waals surface area contributed by atoms with Crippen molar-refractivity contribution in [1.82, 2.24) is 4.90 Å². The first-order chi connectivity index (χ1) is 10.7. The Labute approximate surface area is 153 Å². The van der Waals surface area contributed by atoms with Crippen LogP contribution in [0, 0.1) is 16.4 Å². The smallest absolute Gasteiger partial charge is 0.410 e. The predicted molar refractivity (Wildman–Crippen MR) is 103 cm³/mol. The molecule has 5 heteroatoms. The Kier molecular flexibility index (Phi) is 6.17. The molecule has 128 valence electrons. The van der Waals surface area contributed by atoms with Gasteiger partial charge in [0.1, 0.15) is 5.60 Å². The zero-order chi connectivity index (χ0) is 17.0. The first-order valence-electron chi connectivity index (χ1n) is 8.22. The van der Waals surface area contributed by atoms with Gasteiger partial charge in [-0.05, 0) is 92.8 Å². The van der Waals surface area contributed by atoms with E-state index < -0.39 is 5.60 Å². The Bertz CT molecular complexity index is 546. The van der Waals surface area contributed by atoms with E-state index in [0.717, 1.165) is 32.5 Å². The summed E-state index contributed by atoms with van der Waals surface area (Å²) < 4.78 is 6.70. The van der Waals surface area contributed by atoms with Crippen LogP contribution in [0.25, 0.3) is 0 Å². The number of halogens is 1. The molecule has 1 aromatic rings. The van der Waals surface area contributed by atoms with Gasteiger partial charge in [0.05, 0.1) is 0 Å². The van der Waals surface area contributed by atoms with E-state index in [9.17, 15) is 4.79 Å². The molecule has 0 radical (unpaired) electrons. The molecule has 0 aliphatic carbocycles. The summed E-state index contributed by atoms with van der Waals surface area (Å²) in [5.74, 6) is 0.604. The van der Waals surface area contributed by atoms with Gasteiger partial charge in [-0.15, -0.1) is 0 Å². The zero-order valence-electron chi connectivity index (χ0n) is 14.5. The van der Waals surface area contributed by atoms with Gasteiger partial charge in [-0.2, -0.15) is 0 Å². The van der Waals surface area contributed by atoms with Crippen molar-refractivity contribution in [1.29, 1.82) is 0 Å². The number of hydrogen-bond donors (Lipinski definition) is 1. The molecule has 1 saturated heterocycles. The van der Waals surface area contributed by atoms with E-state index in [0.29, 0.717) is 5.92 Å². The number of benzene rings is 1. The minimum atomic E-state index is -0.419. The topological polar surface area (TPSA) is 41.6 Å². The normalized spacial score (nSPS) is 16.3. The highest BCUT2D eigenvalue weighted by Crippen LogP contribution is 2.22. The van der Waals surface area contributed by atoms with Crippen molar-refractivity contribution in [3.8, 4) is 0 Å². The minimum absolute atomic E-state index is 0.183. The van der Waals surface area contributed by atoms with Gasteiger partial charge in [0, 0.05) is 28.9 Å². The number of ether oxygens (including phenoxy) is 1. The van der Waals surface area contributed by atoms with E-state index in [2.05, 4.69) is 53.0 Å². The van der Waals surface area contributed by atoms with E-state index in [1.165, 1.54) is 14.8 Å². The fourth-order valence-corrected chi connectivity index (χ4v) is 3.37. The van der Waals surface area contributed by atoms with E-state index in [1.54, 1.807) is 0 Å². The molecule has 1 aliphatic rings. The summed E-state index contributed by atoms with van der Waals surface area (Å²) in [6.07, 6.45) is 1.86. The summed E-state index contributed by atoms with van der Waals surface area (Å²) in [5.41, 5.74) is 2.07. The van der Waals surface area contributed by atoms with Gasteiger partial charge in [-0.1, -0.05) is 0 Å². The highest BCUT2D eigenvalue weighted by molar-refractivity contribution is 14.1. The Morgan fingerprint density at radius 3 is 2.57 bits per heavy atom. The molecule has 4 nitrogen and oxygen atoms in total. The molecule has 1 fully saturated rings. The molecule has 1 aromatic carbocycles. The first-order valence-corrected chi connectivity index (χ1v) is 9.30. The number of piperidine rings is 1. The molecular weight excluding hydrogens is 403 g/mol. The number of hydrogen-bond acceptors (Lipinski definition) is 3. The van der Waals surface area contributed by atoms with Gasteiger partial charge in [0.2, 0.25) is 0 Å². The van der Waals surface area contributed by atoms with Crippen molar-refractivity contribution in [3.05, 3.63) is 27.3 Å². The lowest BCUT2D eigenvalue weighted by atomic mass is 9.97. The summed E-state index contributed by atoms with van der Waals surface area (Å²) in [6.45, 7) is 10.4. The van der Waals surface area contributed by atoms with Crippen LogP contribution in [0.1, 0.15) is 39.2 Å². The van der Waals surface area contributed by atoms with Crippen LogP contribution < -0.4 is 5.32 Å². The third kappa shape index (κ3) is 5.86. The van der Waals surface area contributed by atoms with Crippen LogP contribution in [0.2, 0.25) is 0 Å². The van der Waals surface area contributed by atoms with E-state index in [4.69, 9.17) is 4.74 Å². The molecule has 0 saturated carbocycles. The number of rotatable bonds is 3. The number of nitrogens with zero attached hydrogens (tertiary/aromatic N) is 1. The zero-order valence-corrected chi connectivity index (χ0v) is 16.6. The standard InChI is InChI=1S/C18H27IN2O2/c1-13-11-15(19)5-6-16(13)20-12-14-7-9-21(10-8-14)17(22)23-18(2,3)4/h5-6,11,14,20H,7-10,12H2,1-4H3. The molecular formula is C18H27IN2O2. The van der Waals surface area contributed by atoms with Crippen molar-refractivity contribution >= 4 is 34.4 Å². The number of likely N-dealkylation sites (tertiary alicyclic amines) is 1. The van der Waals surface area contributed by atoms with E-state index >= 15 is 0 Å². The van der Waals surface area contributed by atoms with Crippen LogP contribution in [0.3, 0.4) is 0 Å². The third-order valence-corrected chi connectivity index (χ3v) is 4.71. The van der Waals surface area contributed by atoms with Gasteiger partial charge in [0.25, 0.3) is 0 Å². The molecule has 0 bridgehead atoms. The number of carbonyl (C=O) groups is 1. The monoisotopic (exact) mass is 430 g/mol. The predicted octanol–water partition coefficient (Wildman–Crippen LogP) is 4.66. The Morgan fingerprint density at radius 1 is 1.35 bits per heavy atom. The van der Waals surface area contributed by atoms with E-state index in [1.807, 2.05) is 25.7 Å². The Morgan fingerprint density at radius 2 is 2.00 bits per heavy atom. The lowest BCUT2D eigenvalue weighted by Crippen LogP contribution is -2.42. The van der Waals surface area contributed by atoms with Crippen LogP contribution in [-0.2, 0) is 4.74 Å². The second-order valence-corrected chi connectivity index (χ2v) is 8.50. The molecule has 2 rings (SSSR count). The molecule has 23 heavy (non-hydrogen) atoms. The number of aryl methyl sites for hydroxylation is 1. The van der Waals surface area contributed by atoms with Crippen LogP contribution in [0.5, 0.6) is 0 Å². The Balaban J connectivity index is 1.77. The maximum Gasteiger partial charge on any atom is 0.410 e. The van der Waals surface area contributed by atoms with E-state index in [-0.39, 0.29) is 6.09 Å². The summed E-state index contributed by atoms with van der Waals surface area (Å²) in [7, 11) is 0. The van der Waals surface area contributed by atoms with Gasteiger partial charge in [-0.3, -0.25) is 0 Å². The largest absolute Gasteiger partial charge is 0.444 e. The highest BCUT2D eigenvalue weighted by atomic mass is 127. The molecule has 1 amide bonds. The van der Waals surface area contributed by atoms with Gasteiger partial charge < -0.3 is 15.0 Å². The average Bonchev–Trinajstić information content (AvgIpc) is 2.45. The molecule has 1 N–H and O–H groups in total. The Hall–Kier alpha value is -0.980. The van der Waals surface area contributed by atoms with Crippen molar-refractivity contribution in [2.75, 3.05) is 25.0 Å². The molecule has 0 aromatic heterocycles. The van der Waals surface area contributed by atoms with Crippen LogP contribution in [0.15, 0.2) is 18.2 Å². The van der Waals surface area contributed by atoms with Crippen LogP contribution in [0.4, 0.5) is 10.5 Å². The fourth-order valence-electron chi connectivity index (χ4n) is 2.73. The van der Waals surface area contributed by atoms with Crippen molar-refractivity contribution < 1.29 is 9.53 Å². The summed E-state index contributed by atoms with van der Waals surface area (Å²) in [5, 5.41) is 3.55. The summed E-state index contributed by atoms with van der Waals surface area (Å²) in [4.78, 5) is 13.9. The number of carbonyl (C=O) groups excluding carboxylic acids is 1. The van der Waals surface area contributed by atoms with Gasteiger partial charge in [-0.25, -0.2) is 4.79 Å². The molecule has 0 spiro atoms. The maximum atomic E-state index is 12.1. The number of anilines is 1. The van der Waals surface area contributed by atoms with Crippen molar-refractivity contribution in [3.63, 3.8) is 0 Å². The van der Waals surface area contributed by atoms with Crippen LogP contribution >= 0.6 is 22.6 Å². The van der Waals surface area contributed by atoms with Crippen molar-refractivity contribution in [2.24, 2.45) is 5.92 Å². The summed E-state index contributed by atoms with van der Waals surface area (Å²) >= 11 is 2.33.